The average molecular weight is 255 g/mol. The molecule has 0 bridgehead atoms. The first-order valence-corrected chi connectivity index (χ1v) is 4.27. The number of carbonyl (C=O) groups is 1. The number of rotatable bonds is 2. The summed E-state index contributed by atoms with van der Waals surface area (Å²) in [6, 6.07) is 2.40. The fourth-order valence-corrected chi connectivity index (χ4v) is 1.15. The minimum absolute atomic E-state index is 0.173. The van der Waals surface area contributed by atoms with Crippen LogP contribution >= 0.6 is 11.6 Å². The lowest BCUT2D eigenvalue weighted by molar-refractivity contribution is -0.274. The first kappa shape index (κ1) is 12.4. The number of nitrogens with two attached hydrogens (primary N) is 1. The van der Waals surface area contributed by atoms with Crippen LogP contribution in [0.4, 0.5) is 23.7 Å². The Morgan fingerprint density at radius 1 is 1.44 bits per heavy atom. The van der Waals surface area contributed by atoms with Crippen LogP contribution in [-0.2, 0) is 0 Å². The Hall–Kier alpha value is -1.63. The summed E-state index contributed by atoms with van der Waals surface area (Å²) in [5.74, 6) is -0.552. The van der Waals surface area contributed by atoms with Crippen molar-refractivity contribution in [2.45, 2.75) is 6.36 Å². The van der Waals surface area contributed by atoms with Gasteiger partial charge in [0.05, 0.1) is 5.02 Å². The summed E-state index contributed by atoms with van der Waals surface area (Å²) in [5, 5.41) is 1.86. The molecule has 1 rings (SSSR count). The van der Waals surface area contributed by atoms with Gasteiger partial charge in [0.1, 0.15) is 5.75 Å². The quantitative estimate of drug-likeness (QED) is 0.852. The average Bonchev–Trinajstić information content (AvgIpc) is 2.06. The van der Waals surface area contributed by atoms with Gasteiger partial charge < -0.3 is 15.8 Å². The number of ether oxygens (including phenoxy) is 1. The second kappa shape index (κ2) is 4.48. The molecule has 8 heteroatoms. The summed E-state index contributed by atoms with van der Waals surface area (Å²) in [6.07, 6.45) is -4.82. The Bertz CT molecular complexity index is 409. The van der Waals surface area contributed by atoms with Crippen LogP contribution < -0.4 is 15.8 Å². The van der Waals surface area contributed by atoms with Crippen molar-refractivity contribution in [3.8, 4) is 5.75 Å². The van der Waals surface area contributed by atoms with Crippen molar-refractivity contribution in [1.82, 2.24) is 0 Å². The molecule has 88 valence electrons. The Morgan fingerprint density at radius 2 is 2.06 bits per heavy atom. The molecule has 4 nitrogen and oxygen atoms in total. The van der Waals surface area contributed by atoms with Gasteiger partial charge >= 0.3 is 12.4 Å². The molecule has 0 heterocycles. The maximum Gasteiger partial charge on any atom is 0.573 e. The zero-order valence-corrected chi connectivity index (χ0v) is 8.39. The number of halogens is 4. The van der Waals surface area contributed by atoms with Crippen LogP contribution in [0.15, 0.2) is 18.2 Å². The van der Waals surface area contributed by atoms with Gasteiger partial charge in [-0.3, -0.25) is 0 Å². The summed E-state index contributed by atoms with van der Waals surface area (Å²) in [5.41, 5.74) is 4.98. The molecule has 0 radical (unpaired) electrons. The molecule has 0 aromatic heterocycles. The molecule has 0 atom stereocenters. The normalized spacial score (nSPS) is 11.0. The highest BCUT2D eigenvalue weighted by atomic mass is 35.5. The fourth-order valence-electron chi connectivity index (χ4n) is 0.928. The third-order valence-corrected chi connectivity index (χ3v) is 1.72. The van der Waals surface area contributed by atoms with E-state index in [1.54, 1.807) is 0 Å². The highest BCUT2D eigenvalue weighted by Gasteiger charge is 2.32. The van der Waals surface area contributed by atoms with E-state index in [4.69, 9.17) is 17.3 Å². The number of urea groups is 1. The lowest BCUT2D eigenvalue weighted by atomic mass is 10.3. The SMILES string of the molecule is NC(=O)Nc1ccc(OC(F)(F)F)c(Cl)c1. The number of hydrogen-bond acceptors (Lipinski definition) is 2. The van der Waals surface area contributed by atoms with E-state index >= 15 is 0 Å². The van der Waals surface area contributed by atoms with Crippen LogP contribution in [0.25, 0.3) is 0 Å². The topological polar surface area (TPSA) is 64.4 Å². The highest BCUT2D eigenvalue weighted by molar-refractivity contribution is 6.32. The van der Waals surface area contributed by atoms with E-state index in [2.05, 4.69) is 10.1 Å². The molecule has 0 aliphatic carbocycles. The predicted molar refractivity (Wildman–Crippen MR) is 51.3 cm³/mol. The van der Waals surface area contributed by atoms with Crippen LogP contribution in [0.2, 0.25) is 5.02 Å². The Morgan fingerprint density at radius 3 is 2.50 bits per heavy atom. The van der Waals surface area contributed by atoms with Crippen LogP contribution in [0.3, 0.4) is 0 Å². The molecule has 0 saturated heterocycles. The lowest BCUT2D eigenvalue weighted by Crippen LogP contribution is -2.19. The van der Waals surface area contributed by atoms with Crippen LogP contribution in [-0.4, -0.2) is 12.4 Å². The molecule has 16 heavy (non-hydrogen) atoms. The Labute approximate surface area is 93.1 Å². The van der Waals surface area contributed by atoms with Crippen molar-refractivity contribution in [3.63, 3.8) is 0 Å². The van der Waals surface area contributed by atoms with E-state index in [9.17, 15) is 18.0 Å². The molecule has 1 aromatic rings. The van der Waals surface area contributed by atoms with Crippen molar-refractivity contribution >= 4 is 23.3 Å². The Balaban J connectivity index is 2.87. The first-order valence-electron chi connectivity index (χ1n) is 3.90. The zero-order valence-electron chi connectivity index (χ0n) is 7.64. The predicted octanol–water partition coefficient (Wildman–Crippen LogP) is 2.73. The van der Waals surface area contributed by atoms with Crippen LogP contribution in [0, 0.1) is 0 Å². The van der Waals surface area contributed by atoms with E-state index in [-0.39, 0.29) is 10.7 Å². The lowest BCUT2D eigenvalue weighted by Gasteiger charge is -2.11. The minimum atomic E-state index is -4.82. The fraction of sp³-hybridized carbons (Fsp3) is 0.125. The van der Waals surface area contributed by atoms with E-state index in [1.807, 2.05) is 0 Å². The molecule has 0 aliphatic rings. The third-order valence-electron chi connectivity index (χ3n) is 1.43. The van der Waals surface area contributed by atoms with Gasteiger partial charge in [-0.25, -0.2) is 4.79 Å². The molecule has 3 N–H and O–H groups in total. The summed E-state index contributed by atoms with van der Waals surface area (Å²) in [6.45, 7) is 0. The van der Waals surface area contributed by atoms with Gasteiger partial charge in [0.25, 0.3) is 0 Å². The maximum absolute atomic E-state index is 11.9. The summed E-state index contributed by atoms with van der Waals surface area (Å²) in [4.78, 5) is 10.5. The third kappa shape index (κ3) is 3.85. The van der Waals surface area contributed by atoms with E-state index in [0.29, 0.717) is 0 Å². The van der Waals surface area contributed by atoms with E-state index in [1.165, 1.54) is 6.07 Å². The zero-order chi connectivity index (χ0) is 12.3. The van der Waals surface area contributed by atoms with Crippen molar-refractivity contribution in [1.29, 1.82) is 0 Å². The van der Waals surface area contributed by atoms with Crippen molar-refractivity contribution in [2.24, 2.45) is 5.73 Å². The molecular formula is C8H6ClF3N2O2. The smallest absolute Gasteiger partial charge is 0.404 e. The molecule has 0 fully saturated rings. The van der Waals surface area contributed by atoms with Crippen molar-refractivity contribution in [3.05, 3.63) is 23.2 Å². The van der Waals surface area contributed by atoms with Crippen LogP contribution in [0.1, 0.15) is 0 Å². The highest BCUT2D eigenvalue weighted by Crippen LogP contribution is 2.31. The van der Waals surface area contributed by atoms with E-state index in [0.717, 1.165) is 12.1 Å². The van der Waals surface area contributed by atoms with Gasteiger partial charge in [0.15, 0.2) is 0 Å². The van der Waals surface area contributed by atoms with Crippen molar-refractivity contribution in [2.75, 3.05) is 5.32 Å². The first-order chi connectivity index (χ1) is 7.28. The standard InChI is InChI=1S/C8H6ClF3N2O2/c9-5-3-4(14-7(13)15)1-2-6(5)16-8(10,11)12/h1-3H,(H3,13,14,15). The largest absolute Gasteiger partial charge is 0.573 e. The molecular weight excluding hydrogens is 249 g/mol. The number of anilines is 1. The van der Waals surface area contributed by atoms with Gasteiger partial charge in [-0.05, 0) is 18.2 Å². The number of hydrogen-bond donors (Lipinski definition) is 2. The molecule has 0 spiro atoms. The summed E-state index contributed by atoms with van der Waals surface area (Å²) in [7, 11) is 0. The maximum atomic E-state index is 11.9. The van der Waals surface area contributed by atoms with Crippen LogP contribution in [0.5, 0.6) is 5.75 Å². The number of amides is 2. The minimum Gasteiger partial charge on any atom is -0.404 e. The van der Waals surface area contributed by atoms with E-state index < -0.39 is 18.1 Å². The molecule has 1 aromatic carbocycles. The van der Waals surface area contributed by atoms with Gasteiger partial charge in [0.2, 0.25) is 0 Å². The molecule has 0 unspecified atom stereocenters. The number of carbonyl (C=O) groups excluding carboxylic acids is 1. The second-order valence-corrected chi connectivity index (χ2v) is 3.09. The van der Waals surface area contributed by atoms with Crippen molar-refractivity contribution < 1.29 is 22.7 Å². The monoisotopic (exact) mass is 254 g/mol. The summed E-state index contributed by atoms with van der Waals surface area (Å²) < 4.78 is 39.2. The number of alkyl halides is 3. The molecule has 2 amide bonds. The Kier molecular flexibility index (Phi) is 3.48. The van der Waals surface area contributed by atoms with Gasteiger partial charge in [-0.1, -0.05) is 11.6 Å². The second-order valence-electron chi connectivity index (χ2n) is 2.68. The van der Waals surface area contributed by atoms with Gasteiger partial charge in [-0.15, -0.1) is 13.2 Å². The number of nitrogens with one attached hydrogen (secondary N) is 1. The number of primary amides is 1. The molecule has 0 saturated carbocycles. The summed E-state index contributed by atoms with van der Waals surface area (Å²) >= 11 is 5.50. The molecule has 0 aliphatic heterocycles. The van der Waals surface area contributed by atoms with Gasteiger partial charge in [-0.2, -0.15) is 0 Å². The van der Waals surface area contributed by atoms with Gasteiger partial charge in [0, 0.05) is 5.69 Å². The number of benzene rings is 1.